The summed E-state index contributed by atoms with van der Waals surface area (Å²) in [5.41, 5.74) is 8.95. The SMILES string of the molecule is Cl.Cl.[C-]1=CC=CC1.[CH2-]c1ccccc1.[CH2]=[Zr].[c-]1c(-c2ccccc2)ccc2c1Cc1ccccc1-2. The molecule has 0 heterocycles. The van der Waals surface area contributed by atoms with Crippen molar-refractivity contribution in [2.75, 3.05) is 0 Å². The van der Waals surface area contributed by atoms with Crippen LogP contribution >= 0.6 is 24.8 Å². The Labute approximate surface area is 238 Å². The second kappa shape index (κ2) is 17.1. The summed E-state index contributed by atoms with van der Waals surface area (Å²) < 4.78 is 3.34. The molecular formula is C32H29Cl2Zr-3. The van der Waals surface area contributed by atoms with E-state index in [1.807, 2.05) is 48.6 Å². The van der Waals surface area contributed by atoms with Gasteiger partial charge in [0.05, 0.1) is 0 Å². The Kier molecular flexibility index (Phi) is 14.9. The predicted molar refractivity (Wildman–Crippen MR) is 153 cm³/mol. The van der Waals surface area contributed by atoms with Crippen LogP contribution in [-0.4, -0.2) is 4.21 Å². The van der Waals surface area contributed by atoms with E-state index in [1.165, 1.54) is 57.6 Å². The average Bonchev–Trinajstić information content (AvgIpc) is 3.58. The van der Waals surface area contributed by atoms with Crippen molar-refractivity contribution in [1.82, 2.24) is 0 Å². The molecule has 2 aliphatic rings. The Morgan fingerprint density at radius 3 is 1.89 bits per heavy atom. The van der Waals surface area contributed by atoms with Gasteiger partial charge in [0.25, 0.3) is 0 Å². The summed E-state index contributed by atoms with van der Waals surface area (Å²) in [5, 5.41) is 0. The molecule has 0 aliphatic heterocycles. The van der Waals surface area contributed by atoms with Crippen molar-refractivity contribution >= 4 is 29.0 Å². The van der Waals surface area contributed by atoms with Crippen LogP contribution in [0.5, 0.6) is 0 Å². The molecule has 3 heteroatoms. The second-order valence-corrected chi connectivity index (χ2v) is 7.45. The number of hydrogen-bond acceptors (Lipinski definition) is 0. The molecular weight excluding hydrogens is 546 g/mol. The van der Waals surface area contributed by atoms with Crippen molar-refractivity contribution in [3.05, 3.63) is 151 Å². The quantitative estimate of drug-likeness (QED) is 0.175. The van der Waals surface area contributed by atoms with Gasteiger partial charge in [-0.3, -0.25) is 6.08 Å². The van der Waals surface area contributed by atoms with E-state index in [-0.39, 0.29) is 24.8 Å². The summed E-state index contributed by atoms with van der Waals surface area (Å²) in [6.45, 7) is 3.72. The van der Waals surface area contributed by atoms with E-state index in [0.29, 0.717) is 0 Å². The van der Waals surface area contributed by atoms with Gasteiger partial charge < -0.3 is 0 Å². The molecule has 4 aromatic rings. The molecule has 2 aliphatic carbocycles. The van der Waals surface area contributed by atoms with Crippen LogP contribution < -0.4 is 0 Å². The van der Waals surface area contributed by atoms with Gasteiger partial charge in [0.1, 0.15) is 0 Å². The standard InChI is InChI=1S/C19H13.C7H7.C5H5.CH2.2ClH.Zr/c1-2-6-14(7-3-1)15-10-11-19-17(12-15)13-16-8-4-5-9-18(16)19;1-7-5-3-2-4-6-7;1-2-4-5-3-1;;;;/h1-11H,13H2;2-6H,1H2;1-3H,4H2;1H2;2*1H;/q3*-1;;;;. The van der Waals surface area contributed by atoms with Crippen LogP contribution in [0.1, 0.15) is 23.1 Å². The molecule has 0 saturated carbocycles. The number of hydrogen-bond donors (Lipinski definition) is 0. The van der Waals surface area contributed by atoms with Gasteiger partial charge in [0.2, 0.25) is 0 Å². The van der Waals surface area contributed by atoms with Crippen molar-refractivity contribution in [2.24, 2.45) is 0 Å². The zero-order valence-electron chi connectivity index (χ0n) is 19.6. The number of fused-ring (bicyclic) bond motifs is 3. The van der Waals surface area contributed by atoms with Gasteiger partial charge in [-0.1, -0.05) is 77.4 Å². The fourth-order valence-electron chi connectivity index (χ4n) is 3.66. The third-order valence-corrected chi connectivity index (χ3v) is 5.22. The van der Waals surface area contributed by atoms with Crippen molar-refractivity contribution in [3.8, 4) is 22.3 Å². The van der Waals surface area contributed by atoms with Crippen molar-refractivity contribution < 1.29 is 24.2 Å². The molecule has 0 N–H and O–H groups in total. The first-order chi connectivity index (χ1) is 16.3. The summed E-state index contributed by atoms with van der Waals surface area (Å²) in [6, 6.07) is 37.0. The van der Waals surface area contributed by atoms with Crippen LogP contribution in [-0.2, 0) is 30.7 Å². The maximum absolute atomic E-state index is 3.72. The summed E-state index contributed by atoms with van der Waals surface area (Å²) in [6.07, 6.45) is 11.0. The number of halogens is 2. The first kappa shape index (κ1) is 30.6. The Morgan fingerprint density at radius 2 is 1.34 bits per heavy atom. The van der Waals surface area contributed by atoms with E-state index in [4.69, 9.17) is 0 Å². The molecule has 0 spiro atoms. The molecule has 0 amide bonds. The summed E-state index contributed by atoms with van der Waals surface area (Å²) >= 11 is 1.30. The minimum absolute atomic E-state index is 0. The molecule has 0 unspecified atom stereocenters. The second-order valence-electron chi connectivity index (χ2n) is 7.45. The summed E-state index contributed by atoms with van der Waals surface area (Å²) in [4.78, 5) is 0. The molecule has 178 valence electrons. The van der Waals surface area contributed by atoms with Gasteiger partial charge in [0.15, 0.2) is 0 Å². The zero-order valence-corrected chi connectivity index (χ0v) is 23.7. The largest absolute Gasteiger partial charge is 0.143 e. The molecule has 0 fully saturated rings. The Morgan fingerprint density at radius 1 is 0.714 bits per heavy atom. The van der Waals surface area contributed by atoms with Crippen molar-refractivity contribution in [3.63, 3.8) is 0 Å². The fraction of sp³-hybridized carbons (Fsp3) is 0.0625. The molecule has 0 aromatic heterocycles. The van der Waals surface area contributed by atoms with E-state index >= 15 is 0 Å². The zero-order chi connectivity index (χ0) is 23.3. The van der Waals surface area contributed by atoms with Crippen LogP contribution in [0.25, 0.3) is 22.3 Å². The monoisotopic (exact) mass is 573 g/mol. The molecule has 0 atom stereocenters. The van der Waals surface area contributed by atoms with Crippen molar-refractivity contribution in [1.29, 1.82) is 0 Å². The maximum Gasteiger partial charge on any atom is -0.0195 e. The molecule has 0 radical (unpaired) electrons. The van der Waals surface area contributed by atoms with Crippen molar-refractivity contribution in [2.45, 2.75) is 12.8 Å². The fourth-order valence-corrected chi connectivity index (χ4v) is 3.66. The van der Waals surface area contributed by atoms with Gasteiger partial charge >= 0.3 is 28.4 Å². The predicted octanol–water partition coefficient (Wildman–Crippen LogP) is 8.71. The number of rotatable bonds is 1. The molecule has 0 nitrogen and oxygen atoms in total. The van der Waals surface area contributed by atoms with Gasteiger partial charge in [-0.25, -0.2) is 12.2 Å². The topological polar surface area (TPSA) is 0 Å². The Hall–Kier alpha value is -2.44. The van der Waals surface area contributed by atoms with Crippen LogP contribution in [0.2, 0.25) is 0 Å². The number of benzene rings is 4. The average molecular weight is 576 g/mol. The van der Waals surface area contributed by atoms with E-state index in [0.717, 1.165) is 18.4 Å². The Balaban J connectivity index is 0.000000319. The first-order valence-corrected chi connectivity index (χ1v) is 12.7. The normalized spacial score (nSPS) is 10.8. The maximum atomic E-state index is 3.72. The molecule has 35 heavy (non-hydrogen) atoms. The third kappa shape index (κ3) is 9.27. The van der Waals surface area contributed by atoms with E-state index in [1.54, 1.807) is 0 Å². The first-order valence-electron chi connectivity index (χ1n) is 10.9. The molecule has 0 saturated heterocycles. The molecule has 0 bridgehead atoms. The molecule has 4 aromatic carbocycles. The van der Waals surface area contributed by atoms with Crippen LogP contribution in [0, 0.1) is 19.1 Å². The van der Waals surface area contributed by atoms with Crippen LogP contribution in [0.15, 0.2) is 115 Å². The minimum Gasteiger partial charge on any atom is -0.143 e. The van der Waals surface area contributed by atoms with Gasteiger partial charge in [0, 0.05) is 0 Å². The van der Waals surface area contributed by atoms with E-state index < -0.39 is 0 Å². The van der Waals surface area contributed by atoms with E-state index in [9.17, 15) is 0 Å². The van der Waals surface area contributed by atoms with Crippen LogP contribution in [0.4, 0.5) is 0 Å². The minimum atomic E-state index is 0. The van der Waals surface area contributed by atoms with Crippen LogP contribution in [0.3, 0.4) is 0 Å². The Bertz CT molecular complexity index is 1190. The van der Waals surface area contributed by atoms with Gasteiger partial charge in [-0.05, 0) is 12.0 Å². The number of allylic oxidation sites excluding steroid dienone is 4. The van der Waals surface area contributed by atoms with Gasteiger partial charge in [-0.2, -0.15) is 30.7 Å². The van der Waals surface area contributed by atoms with E-state index in [2.05, 4.69) is 90.0 Å². The smallest absolute Gasteiger partial charge is 0.0195 e. The summed E-state index contributed by atoms with van der Waals surface area (Å²) in [5.74, 6) is 0. The van der Waals surface area contributed by atoms with Gasteiger partial charge in [-0.15, -0.1) is 72.7 Å². The summed E-state index contributed by atoms with van der Waals surface area (Å²) in [7, 11) is 0. The third-order valence-electron chi connectivity index (χ3n) is 5.22. The molecule has 6 rings (SSSR count).